The molecule has 0 aliphatic heterocycles. The summed E-state index contributed by atoms with van der Waals surface area (Å²) < 4.78 is 0. The summed E-state index contributed by atoms with van der Waals surface area (Å²) in [6, 6.07) is 4.40. The van der Waals surface area contributed by atoms with Crippen molar-refractivity contribution in [3.63, 3.8) is 0 Å². The van der Waals surface area contributed by atoms with Gasteiger partial charge in [-0.3, -0.25) is 4.90 Å². The minimum absolute atomic E-state index is 0.743. The lowest BCUT2D eigenvalue weighted by molar-refractivity contribution is 0.302. The maximum atomic E-state index is 5.37. The highest BCUT2D eigenvalue weighted by Crippen LogP contribution is 2.18. The quantitative estimate of drug-likeness (QED) is 0.731. The Morgan fingerprint density at radius 1 is 1.44 bits per heavy atom. The van der Waals surface area contributed by atoms with E-state index in [1.165, 1.54) is 9.75 Å². The first kappa shape index (κ1) is 13.2. The SMILES string of the molecule is C#CCN(CCC)Cc1ccc(CNC)s1. The van der Waals surface area contributed by atoms with Gasteiger partial charge in [-0.1, -0.05) is 12.8 Å². The van der Waals surface area contributed by atoms with E-state index in [0.29, 0.717) is 0 Å². The van der Waals surface area contributed by atoms with Crippen molar-refractivity contribution in [3.05, 3.63) is 21.9 Å². The van der Waals surface area contributed by atoms with E-state index in [1.54, 1.807) is 0 Å². The lowest BCUT2D eigenvalue weighted by Gasteiger charge is -2.17. The molecule has 1 N–H and O–H groups in total. The molecular weight excluding hydrogens is 216 g/mol. The zero-order valence-corrected chi connectivity index (χ0v) is 10.9. The average Bonchev–Trinajstić information content (AvgIpc) is 2.67. The molecule has 3 heteroatoms. The van der Waals surface area contributed by atoms with Crippen LogP contribution in [0.4, 0.5) is 0 Å². The third kappa shape index (κ3) is 4.36. The predicted octanol–water partition coefficient (Wildman–Crippen LogP) is 2.31. The lowest BCUT2D eigenvalue weighted by Crippen LogP contribution is -2.23. The Morgan fingerprint density at radius 3 is 2.81 bits per heavy atom. The summed E-state index contributed by atoms with van der Waals surface area (Å²) in [4.78, 5) is 5.10. The van der Waals surface area contributed by atoms with Crippen LogP contribution in [0.5, 0.6) is 0 Å². The van der Waals surface area contributed by atoms with Gasteiger partial charge in [0, 0.05) is 22.8 Å². The van der Waals surface area contributed by atoms with Crippen molar-refractivity contribution < 1.29 is 0 Å². The first-order valence-corrected chi connectivity index (χ1v) is 6.49. The second kappa shape index (κ2) is 7.45. The van der Waals surface area contributed by atoms with Gasteiger partial charge in [0.1, 0.15) is 0 Å². The summed E-state index contributed by atoms with van der Waals surface area (Å²) in [5, 5.41) is 3.17. The fraction of sp³-hybridized carbons (Fsp3) is 0.538. The molecule has 0 saturated carbocycles. The molecule has 2 nitrogen and oxygen atoms in total. The fourth-order valence-electron chi connectivity index (χ4n) is 1.66. The van der Waals surface area contributed by atoms with Crippen molar-refractivity contribution in [2.75, 3.05) is 20.1 Å². The molecule has 1 rings (SSSR count). The van der Waals surface area contributed by atoms with Crippen molar-refractivity contribution in [1.82, 2.24) is 10.2 Å². The number of thiophene rings is 1. The van der Waals surface area contributed by atoms with Gasteiger partial charge < -0.3 is 5.32 Å². The lowest BCUT2D eigenvalue weighted by atomic mass is 10.3. The molecule has 0 aromatic carbocycles. The molecular formula is C13H20N2S. The van der Waals surface area contributed by atoms with E-state index < -0.39 is 0 Å². The molecule has 0 amide bonds. The van der Waals surface area contributed by atoms with Crippen LogP contribution in [-0.4, -0.2) is 25.0 Å². The molecule has 0 bridgehead atoms. The Balaban J connectivity index is 2.52. The van der Waals surface area contributed by atoms with Crippen molar-refractivity contribution in [3.8, 4) is 12.3 Å². The zero-order chi connectivity index (χ0) is 11.8. The number of hydrogen-bond donors (Lipinski definition) is 1. The highest BCUT2D eigenvalue weighted by Gasteiger charge is 2.05. The molecule has 0 fully saturated rings. The number of rotatable bonds is 7. The molecule has 0 saturated heterocycles. The van der Waals surface area contributed by atoms with Crippen LogP contribution in [0.1, 0.15) is 23.1 Å². The van der Waals surface area contributed by atoms with Gasteiger partial charge in [0.2, 0.25) is 0 Å². The van der Waals surface area contributed by atoms with E-state index in [-0.39, 0.29) is 0 Å². The summed E-state index contributed by atoms with van der Waals surface area (Å²) in [5.41, 5.74) is 0. The topological polar surface area (TPSA) is 15.3 Å². The van der Waals surface area contributed by atoms with Gasteiger partial charge in [-0.15, -0.1) is 17.8 Å². The van der Waals surface area contributed by atoms with Gasteiger partial charge >= 0.3 is 0 Å². The van der Waals surface area contributed by atoms with E-state index in [4.69, 9.17) is 6.42 Å². The number of hydrogen-bond acceptors (Lipinski definition) is 3. The molecule has 0 aliphatic rings. The molecule has 0 unspecified atom stereocenters. The minimum Gasteiger partial charge on any atom is -0.315 e. The Morgan fingerprint density at radius 2 is 2.19 bits per heavy atom. The third-order valence-electron chi connectivity index (χ3n) is 2.30. The van der Waals surface area contributed by atoms with E-state index in [2.05, 4.69) is 35.2 Å². The maximum Gasteiger partial charge on any atom is 0.0602 e. The van der Waals surface area contributed by atoms with Gasteiger partial charge in [0.15, 0.2) is 0 Å². The Labute approximate surface area is 103 Å². The number of nitrogens with one attached hydrogen (secondary N) is 1. The molecule has 1 aromatic heterocycles. The van der Waals surface area contributed by atoms with Crippen molar-refractivity contribution in [2.45, 2.75) is 26.4 Å². The normalized spacial score (nSPS) is 10.6. The molecule has 1 heterocycles. The van der Waals surface area contributed by atoms with Crippen molar-refractivity contribution in [2.24, 2.45) is 0 Å². The minimum atomic E-state index is 0.743. The summed E-state index contributed by atoms with van der Waals surface area (Å²) in [5.74, 6) is 2.72. The van der Waals surface area contributed by atoms with Gasteiger partial charge in [-0.05, 0) is 32.1 Å². The van der Waals surface area contributed by atoms with Crippen LogP contribution in [0.3, 0.4) is 0 Å². The van der Waals surface area contributed by atoms with Crippen molar-refractivity contribution in [1.29, 1.82) is 0 Å². The van der Waals surface area contributed by atoms with Crippen LogP contribution in [0.15, 0.2) is 12.1 Å². The van der Waals surface area contributed by atoms with Gasteiger partial charge in [0.05, 0.1) is 6.54 Å². The molecule has 88 valence electrons. The molecule has 0 spiro atoms. The van der Waals surface area contributed by atoms with E-state index in [0.717, 1.165) is 32.6 Å². The molecule has 0 atom stereocenters. The van der Waals surface area contributed by atoms with E-state index >= 15 is 0 Å². The second-order valence-corrected chi connectivity index (χ2v) is 5.07. The molecule has 16 heavy (non-hydrogen) atoms. The smallest absolute Gasteiger partial charge is 0.0602 e. The van der Waals surface area contributed by atoms with Crippen LogP contribution in [0, 0.1) is 12.3 Å². The summed E-state index contributed by atoms with van der Waals surface area (Å²) in [6.07, 6.45) is 6.52. The zero-order valence-electron chi connectivity index (χ0n) is 10.1. The number of nitrogens with zero attached hydrogens (tertiary/aromatic N) is 1. The molecule has 0 aliphatic carbocycles. The van der Waals surface area contributed by atoms with E-state index in [9.17, 15) is 0 Å². The highest BCUT2D eigenvalue weighted by atomic mass is 32.1. The first-order chi connectivity index (χ1) is 7.80. The summed E-state index contributed by atoms with van der Waals surface area (Å²) >= 11 is 1.86. The molecule has 1 aromatic rings. The summed E-state index contributed by atoms with van der Waals surface area (Å²) in [7, 11) is 1.97. The average molecular weight is 236 g/mol. The highest BCUT2D eigenvalue weighted by molar-refractivity contribution is 7.11. The van der Waals surface area contributed by atoms with Gasteiger partial charge in [0.25, 0.3) is 0 Å². The van der Waals surface area contributed by atoms with Gasteiger partial charge in [-0.2, -0.15) is 0 Å². The Hall–Kier alpha value is -0.820. The van der Waals surface area contributed by atoms with Crippen LogP contribution in [0.2, 0.25) is 0 Å². The largest absolute Gasteiger partial charge is 0.315 e. The van der Waals surface area contributed by atoms with Gasteiger partial charge in [-0.25, -0.2) is 0 Å². The monoisotopic (exact) mass is 236 g/mol. The standard InChI is InChI=1S/C13H20N2S/c1-4-8-15(9-5-2)11-13-7-6-12(16-13)10-14-3/h1,6-7,14H,5,8-11H2,2-3H3. The van der Waals surface area contributed by atoms with Crippen LogP contribution in [0.25, 0.3) is 0 Å². The van der Waals surface area contributed by atoms with Crippen LogP contribution >= 0.6 is 11.3 Å². The maximum absolute atomic E-state index is 5.37. The van der Waals surface area contributed by atoms with Crippen molar-refractivity contribution >= 4 is 11.3 Å². The third-order valence-corrected chi connectivity index (χ3v) is 3.37. The summed E-state index contributed by atoms with van der Waals surface area (Å²) in [6.45, 7) is 5.93. The van der Waals surface area contributed by atoms with E-state index in [1.807, 2.05) is 18.4 Å². The first-order valence-electron chi connectivity index (χ1n) is 5.68. The molecule has 0 radical (unpaired) electrons. The Bertz CT molecular complexity index is 338. The second-order valence-electron chi connectivity index (χ2n) is 3.81. The van der Waals surface area contributed by atoms with Crippen LogP contribution < -0.4 is 5.32 Å². The number of terminal acetylenes is 1. The fourth-order valence-corrected chi connectivity index (χ4v) is 2.73. The Kier molecular flexibility index (Phi) is 6.17. The van der Waals surface area contributed by atoms with Crippen LogP contribution in [-0.2, 0) is 13.1 Å². The predicted molar refractivity (Wildman–Crippen MR) is 71.5 cm³/mol.